The van der Waals surface area contributed by atoms with Crippen molar-refractivity contribution >= 4 is 9.84 Å². The zero-order chi connectivity index (χ0) is 14.6. The first-order valence-corrected chi connectivity index (χ1v) is 8.05. The predicted octanol–water partition coefficient (Wildman–Crippen LogP) is 1.68. The van der Waals surface area contributed by atoms with E-state index in [-0.39, 0.29) is 12.5 Å². The Kier molecular flexibility index (Phi) is 5.52. The molecule has 1 rings (SSSR count). The maximum atomic E-state index is 12.1. The Balaban J connectivity index is 3.01. The molecule has 108 valence electrons. The van der Waals surface area contributed by atoms with Crippen molar-refractivity contribution in [3.8, 4) is 0 Å². The van der Waals surface area contributed by atoms with Gasteiger partial charge in [-0.1, -0.05) is 19.1 Å². The molecule has 2 atom stereocenters. The van der Waals surface area contributed by atoms with Gasteiger partial charge < -0.3 is 10.8 Å². The van der Waals surface area contributed by atoms with Gasteiger partial charge in [-0.05, 0) is 43.9 Å². The van der Waals surface area contributed by atoms with Crippen LogP contribution in [0.3, 0.4) is 0 Å². The van der Waals surface area contributed by atoms with Crippen LogP contribution in [0.15, 0.2) is 29.2 Å². The van der Waals surface area contributed by atoms with Crippen LogP contribution in [0.5, 0.6) is 0 Å². The summed E-state index contributed by atoms with van der Waals surface area (Å²) in [6, 6.07) is 6.94. The molecule has 0 aliphatic carbocycles. The maximum Gasteiger partial charge on any atom is 0.180 e. The maximum absolute atomic E-state index is 12.1. The second-order valence-electron chi connectivity index (χ2n) is 5.19. The molecule has 0 spiro atoms. The van der Waals surface area contributed by atoms with E-state index in [9.17, 15) is 13.5 Å². The summed E-state index contributed by atoms with van der Waals surface area (Å²) in [5, 5.41) is 9.13. The minimum atomic E-state index is -3.25. The highest BCUT2D eigenvalue weighted by Crippen LogP contribution is 2.24. The van der Waals surface area contributed by atoms with Crippen molar-refractivity contribution in [3.05, 3.63) is 29.8 Å². The number of hydrogen-bond acceptors (Lipinski definition) is 4. The summed E-state index contributed by atoms with van der Waals surface area (Å²) in [6.07, 6.45) is -0.0258. The first-order chi connectivity index (χ1) is 8.78. The van der Waals surface area contributed by atoms with Gasteiger partial charge in [0.1, 0.15) is 0 Å². The molecule has 19 heavy (non-hydrogen) atoms. The first-order valence-electron chi connectivity index (χ1n) is 6.51. The van der Waals surface area contributed by atoms with Crippen LogP contribution < -0.4 is 5.73 Å². The van der Waals surface area contributed by atoms with Crippen molar-refractivity contribution in [3.63, 3.8) is 0 Å². The van der Waals surface area contributed by atoms with Crippen LogP contribution >= 0.6 is 0 Å². The van der Waals surface area contributed by atoms with Gasteiger partial charge in [0.25, 0.3) is 0 Å². The van der Waals surface area contributed by atoms with E-state index in [1.165, 1.54) is 0 Å². The molecule has 0 aliphatic rings. The highest BCUT2D eigenvalue weighted by atomic mass is 32.2. The molecule has 1 aromatic rings. The second kappa shape index (κ2) is 6.50. The Morgan fingerprint density at radius 1 is 1.26 bits per heavy atom. The molecule has 0 saturated carbocycles. The molecule has 0 radical (unpaired) electrons. The van der Waals surface area contributed by atoms with Gasteiger partial charge in [-0.3, -0.25) is 0 Å². The summed E-state index contributed by atoms with van der Waals surface area (Å²) in [7, 11) is -3.25. The van der Waals surface area contributed by atoms with Gasteiger partial charge in [0.05, 0.1) is 16.2 Å². The molecule has 1 aromatic carbocycles. The van der Waals surface area contributed by atoms with Gasteiger partial charge in [-0.25, -0.2) is 8.42 Å². The second-order valence-corrected chi connectivity index (χ2v) is 7.70. The van der Waals surface area contributed by atoms with E-state index < -0.39 is 21.2 Å². The Hall–Kier alpha value is -0.910. The van der Waals surface area contributed by atoms with Crippen molar-refractivity contribution in [1.29, 1.82) is 0 Å². The predicted molar refractivity (Wildman–Crippen MR) is 76.9 cm³/mol. The largest absolute Gasteiger partial charge is 0.392 e. The summed E-state index contributed by atoms with van der Waals surface area (Å²) < 4.78 is 24.2. The summed E-state index contributed by atoms with van der Waals surface area (Å²) in [5.41, 5.74) is 6.30. The Labute approximate surface area is 115 Å². The molecule has 0 aliphatic heterocycles. The lowest BCUT2D eigenvalue weighted by molar-refractivity contribution is 0.165. The number of aliphatic hydroxyl groups is 1. The van der Waals surface area contributed by atoms with Crippen LogP contribution in [0.2, 0.25) is 0 Å². The zero-order valence-corrected chi connectivity index (χ0v) is 12.5. The first kappa shape index (κ1) is 16.1. The topological polar surface area (TPSA) is 80.4 Å². The van der Waals surface area contributed by atoms with E-state index in [4.69, 9.17) is 5.73 Å². The van der Waals surface area contributed by atoms with E-state index in [0.717, 1.165) is 5.56 Å². The number of hydrogen-bond donors (Lipinski definition) is 2. The quantitative estimate of drug-likeness (QED) is 0.833. The number of nitrogens with two attached hydrogens (primary N) is 1. The molecule has 0 aromatic heterocycles. The van der Waals surface area contributed by atoms with Gasteiger partial charge >= 0.3 is 0 Å². The third-order valence-corrected chi connectivity index (χ3v) is 5.43. The van der Waals surface area contributed by atoms with E-state index in [2.05, 4.69) is 0 Å². The van der Waals surface area contributed by atoms with Crippen LogP contribution in [0.1, 0.15) is 38.7 Å². The lowest BCUT2D eigenvalue weighted by Gasteiger charge is -2.17. The van der Waals surface area contributed by atoms with E-state index in [1.54, 1.807) is 32.0 Å². The minimum Gasteiger partial charge on any atom is -0.392 e. The zero-order valence-electron chi connectivity index (χ0n) is 11.7. The van der Waals surface area contributed by atoms with Crippen LogP contribution in [-0.4, -0.2) is 31.4 Å². The molecule has 0 amide bonds. The van der Waals surface area contributed by atoms with E-state index in [0.29, 0.717) is 11.3 Å². The Morgan fingerprint density at radius 3 is 2.42 bits per heavy atom. The lowest BCUT2D eigenvalue weighted by atomic mass is 9.95. The van der Waals surface area contributed by atoms with Gasteiger partial charge in [0.15, 0.2) is 9.84 Å². The highest BCUT2D eigenvalue weighted by molar-refractivity contribution is 7.92. The third kappa shape index (κ3) is 4.03. The smallest absolute Gasteiger partial charge is 0.180 e. The SMILES string of the molecule is CC(CC(O)CN)c1cccc(S(=O)(=O)C(C)C)c1. The minimum absolute atomic E-state index is 0.0702. The van der Waals surface area contributed by atoms with Crippen LogP contribution in [-0.2, 0) is 9.84 Å². The van der Waals surface area contributed by atoms with E-state index in [1.807, 2.05) is 13.0 Å². The van der Waals surface area contributed by atoms with Crippen LogP contribution in [0, 0.1) is 0 Å². The molecular formula is C14H23NO3S. The molecule has 0 bridgehead atoms. The fraction of sp³-hybridized carbons (Fsp3) is 0.571. The Bertz CT molecular complexity index is 511. The molecule has 0 saturated heterocycles. The van der Waals surface area contributed by atoms with Crippen molar-refractivity contribution < 1.29 is 13.5 Å². The molecule has 0 heterocycles. The fourth-order valence-corrected chi connectivity index (χ4v) is 3.02. The molecule has 4 nitrogen and oxygen atoms in total. The number of sulfone groups is 1. The Morgan fingerprint density at radius 2 is 1.89 bits per heavy atom. The summed E-state index contributed by atoms with van der Waals surface area (Å²) in [6.45, 7) is 5.52. The van der Waals surface area contributed by atoms with Gasteiger partial charge in [-0.15, -0.1) is 0 Å². The van der Waals surface area contributed by atoms with E-state index >= 15 is 0 Å². The molecule has 5 heteroatoms. The monoisotopic (exact) mass is 285 g/mol. The number of rotatable bonds is 6. The normalized spacial score (nSPS) is 15.5. The van der Waals surface area contributed by atoms with Crippen molar-refractivity contribution in [2.24, 2.45) is 5.73 Å². The highest BCUT2D eigenvalue weighted by Gasteiger charge is 2.20. The van der Waals surface area contributed by atoms with Crippen molar-refractivity contribution in [2.45, 2.75) is 49.4 Å². The van der Waals surface area contributed by atoms with Crippen LogP contribution in [0.25, 0.3) is 0 Å². The van der Waals surface area contributed by atoms with Crippen molar-refractivity contribution in [2.75, 3.05) is 6.54 Å². The average Bonchev–Trinajstić information content (AvgIpc) is 2.38. The van der Waals surface area contributed by atoms with Gasteiger partial charge in [0, 0.05) is 6.54 Å². The molecular weight excluding hydrogens is 262 g/mol. The molecule has 3 N–H and O–H groups in total. The summed E-state index contributed by atoms with van der Waals surface area (Å²) in [4.78, 5) is 0.342. The standard InChI is InChI=1S/C14H23NO3S/c1-10(2)19(17,18)14-6-4-5-12(8-14)11(3)7-13(16)9-15/h4-6,8,10-11,13,16H,7,9,15H2,1-3H3. The summed E-state index contributed by atoms with van der Waals surface area (Å²) in [5.74, 6) is 0.0702. The lowest BCUT2D eigenvalue weighted by Crippen LogP contribution is -2.21. The van der Waals surface area contributed by atoms with Gasteiger partial charge in [0.2, 0.25) is 0 Å². The summed E-state index contributed by atoms with van der Waals surface area (Å²) >= 11 is 0. The average molecular weight is 285 g/mol. The van der Waals surface area contributed by atoms with Crippen LogP contribution in [0.4, 0.5) is 0 Å². The number of aliphatic hydroxyl groups excluding tert-OH is 1. The van der Waals surface area contributed by atoms with Crippen molar-refractivity contribution in [1.82, 2.24) is 0 Å². The third-order valence-electron chi connectivity index (χ3n) is 3.27. The number of benzene rings is 1. The fourth-order valence-electron chi connectivity index (χ4n) is 1.91. The molecule has 2 unspecified atom stereocenters. The molecule has 0 fully saturated rings. The van der Waals surface area contributed by atoms with Gasteiger partial charge in [-0.2, -0.15) is 0 Å².